The Morgan fingerprint density at radius 1 is 0.712 bits per heavy atom. The number of amides is 1. The Morgan fingerprint density at radius 3 is 1.76 bits per heavy atom. The van der Waals surface area contributed by atoms with Gasteiger partial charge in [0.25, 0.3) is 0 Å². The number of carbonyl (C=O) groups is 1. The van der Waals surface area contributed by atoms with Crippen molar-refractivity contribution in [2.75, 3.05) is 0 Å². The number of hydrogen-bond acceptors (Lipinski definition) is 8. The third-order valence-electron chi connectivity index (χ3n) is 11.8. The lowest BCUT2D eigenvalue weighted by atomic mass is 9.87. The average Bonchev–Trinajstić information content (AvgIpc) is 3.98. The molecule has 1 amide bonds. The molecule has 3 N–H and O–H groups in total. The first kappa shape index (κ1) is 41.5. The Labute approximate surface area is 345 Å². The van der Waals surface area contributed by atoms with Gasteiger partial charge in [-0.3, -0.25) is 0 Å². The van der Waals surface area contributed by atoms with Crippen LogP contribution in [0.15, 0.2) is 98.1 Å². The first-order valence-electron chi connectivity index (χ1n) is 20.4. The molecule has 4 aromatic heterocycles. The molecular formula is C47H56FN5O6. The number of pyridine rings is 2. The van der Waals surface area contributed by atoms with E-state index < -0.39 is 5.60 Å². The van der Waals surface area contributed by atoms with Crippen LogP contribution < -0.4 is 4.74 Å². The molecule has 2 aliphatic carbocycles. The van der Waals surface area contributed by atoms with Gasteiger partial charge in [-0.2, -0.15) is 0 Å². The number of rotatable bonds is 4. The van der Waals surface area contributed by atoms with Gasteiger partial charge in [0.2, 0.25) is 0 Å². The minimum absolute atomic E-state index is 0. The zero-order valence-electron chi connectivity index (χ0n) is 33.2. The fourth-order valence-corrected chi connectivity index (χ4v) is 9.20. The number of aliphatic hydroxyl groups is 1. The van der Waals surface area contributed by atoms with Crippen molar-refractivity contribution in [3.05, 3.63) is 104 Å². The number of benzene rings is 2. The molecule has 6 aromatic rings. The number of fused-ring (bicyclic) bond motifs is 6. The molecule has 12 heteroatoms. The van der Waals surface area contributed by atoms with Gasteiger partial charge >= 0.3 is 6.09 Å². The molecule has 4 aliphatic rings. The summed E-state index contributed by atoms with van der Waals surface area (Å²) in [7, 11) is 0. The number of phenols is 2. The highest BCUT2D eigenvalue weighted by Gasteiger charge is 2.45. The van der Waals surface area contributed by atoms with Gasteiger partial charge in [-0.15, -0.1) is 0 Å². The van der Waals surface area contributed by atoms with Crippen molar-refractivity contribution in [1.82, 2.24) is 23.7 Å². The van der Waals surface area contributed by atoms with Gasteiger partial charge in [-0.05, 0) is 112 Å². The average molecular weight is 806 g/mol. The number of piperidine rings is 1. The molecule has 4 fully saturated rings. The number of ether oxygens (including phenoxy) is 2. The molecule has 2 saturated carbocycles. The molecule has 2 aliphatic heterocycles. The SMILES string of the molecule is C.CC(C)(C)OC(=O)N1C2CC[C@H]1CC(Oc1cc(-c3ccc(O)cc3)cn3cncc13)C2.OC1C[C@H]2CC[C@@H](C1)C2.Oc1ccc(-c2cc(F)c3cncn3c2)cc1. The molecule has 0 spiro atoms. The van der Waals surface area contributed by atoms with Crippen LogP contribution in [-0.2, 0) is 4.74 Å². The highest BCUT2D eigenvalue weighted by Crippen LogP contribution is 2.42. The maximum Gasteiger partial charge on any atom is 0.410 e. The van der Waals surface area contributed by atoms with Crippen LogP contribution in [0.5, 0.6) is 17.2 Å². The minimum atomic E-state index is -0.494. The summed E-state index contributed by atoms with van der Waals surface area (Å²) < 4.78 is 29.5. The second kappa shape index (κ2) is 17.3. The molecule has 2 saturated heterocycles. The van der Waals surface area contributed by atoms with Crippen molar-refractivity contribution in [2.24, 2.45) is 11.8 Å². The number of aromatic nitrogens is 4. The quantitative estimate of drug-likeness (QED) is 0.160. The predicted molar refractivity (Wildman–Crippen MR) is 226 cm³/mol. The summed E-state index contributed by atoms with van der Waals surface area (Å²) in [5, 5.41) is 28.1. The van der Waals surface area contributed by atoms with E-state index in [1.807, 2.05) is 54.5 Å². The van der Waals surface area contributed by atoms with Crippen LogP contribution in [0.1, 0.15) is 86.0 Å². The number of nitrogens with zero attached hydrogens (tertiary/aromatic N) is 5. The fraction of sp³-hybridized carbons (Fsp3) is 0.426. The number of phenolic OH excluding ortho intramolecular Hbond substituents is 2. The molecule has 4 bridgehead atoms. The highest BCUT2D eigenvalue weighted by atomic mass is 19.1. The Kier molecular flexibility index (Phi) is 12.2. The van der Waals surface area contributed by atoms with Crippen molar-refractivity contribution < 1.29 is 34.0 Å². The summed E-state index contributed by atoms with van der Waals surface area (Å²) in [4.78, 5) is 22.9. The Bertz CT molecular complexity index is 2330. The Morgan fingerprint density at radius 2 is 1.22 bits per heavy atom. The van der Waals surface area contributed by atoms with Gasteiger partial charge in [0.05, 0.1) is 31.2 Å². The number of imidazole rings is 2. The van der Waals surface area contributed by atoms with Crippen LogP contribution in [0.3, 0.4) is 0 Å². The largest absolute Gasteiger partial charge is 0.508 e. The normalized spacial score (nSPS) is 23.1. The van der Waals surface area contributed by atoms with Gasteiger partial charge in [0.1, 0.15) is 45.8 Å². The zero-order valence-corrected chi connectivity index (χ0v) is 33.2. The molecule has 10 rings (SSSR count). The van der Waals surface area contributed by atoms with E-state index in [2.05, 4.69) is 9.97 Å². The minimum Gasteiger partial charge on any atom is -0.508 e. The van der Waals surface area contributed by atoms with E-state index in [1.54, 1.807) is 65.8 Å². The molecule has 0 radical (unpaired) electrons. The van der Waals surface area contributed by atoms with Crippen molar-refractivity contribution >= 4 is 17.1 Å². The van der Waals surface area contributed by atoms with E-state index in [9.17, 15) is 24.5 Å². The summed E-state index contributed by atoms with van der Waals surface area (Å²) in [6.45, 7) is 5.71. The molecule has 59 heavy (non-hydrogen) atoms. The zero-order chi connectivity index (χ0) is 40.6. The molecule has 11 nitrogen and oxygen atoms in total. The smallest absolute Gasteiger partial charge is 0.410 e. The van der Waals surface area contributed by atoms with Crippen molar-refractivity contribution in [3.63, 3.8) is 0 Å². The third kappa shape index (κ3) is 9.65. The lowest BCUT2D eigenvalue weighted by Gasteiger charge is -2.39. The van der Waals surface area contributed by atoms with E-state index in [0.29, 0.717) is 5.52 Å². The highest BCUT2D eigenvalue weighted by molar-refractivity contribution is 5.72. The standard InChI is InChI=1S/C25H29N3O4.C13H9FN2O.C8H14O.CH4/c1-25(2,3)32-24(30)28-18-6-7-19(28)12-21(11-18)31-23-10-17(14-27-15-26-13-22(23)27)16-4-8-20(29)9-5-16;14-12-5-10(7-16-8-15-6-13(12)16)9-1-3-11(17)4-2-9;9-8-4-6-1-2-7(3-6)5-8;/h4-5,8-10,13-15,18-19,21,29H,6-7,11-12H2,1-3H3;1-8,17H;6-9H,1-5H2;1H4/t18-,19?,21?;;6-,7+,8?;/m0.../s1. The van der Waals surface area contributed by atoms with Gasteiger partial charge < -0.3 is 38.5 Å². The van der Waals surface area contributed by atoms with E-state index in [4.69, 9.17) is 9.47 Å². The second-order valence-corrected chi connectivity index (χ2v) is 17.3. The molecule has 2 aromatic carbocycles. The van der Waals surface area contributed by atoms with Crippen LogP contribution in [0, 0.1) is 17.7 Å². The molecular weight excluding hydrogens is 750 g/mol. The van der Waals surface area contributed by atoms with Crippen LogP contribution >= 0.6 is 0 Å². The van der Waals surface area contributed by atoms with Crippen LogP contribution in [0.25, 0.3) is 33.3 Å². The number of carbonyl (C=O) groups excluding carboxylic acids is 1. The summed E-state index contributed by atoms with van der Waals surface area (Å²) in [6, 6.07) is 17.6. The van der Waals surface area contributed by atoms with Gasteiger partial charge in [0, 0.05) is 48.4 Å². The molecule has 312 valence electrons. The number of hydrogen-bond donors (Lipinski definition) is 3. The van der Waals surface area contributed by atoms with Gasteiger partial charge in [-0.25, -0.2) is 19.2 Å². The topological polar surface area (TPSA) is 134 Å². The number of aliphatic hydroxyl groups excluding tert-OH is 1. The fourth-order valence-electron chi connectivity index (χ4n) is 9.20. The van der Waals surface area contributed by atoms with Crippen LogP contribution in [0.4, 0.5) is 9.18 Å². The number of halogens is 1. The van der Waals surface area contributed by atoms with Crippen LogP contribution in [0.2, 0.25) is 0 Å². The third-order valence-corrected chi connectivity index (χ3v) is 11.8. The summed E-state index contributed by atoms with van der Waals surface area (Å²) in [5.74, 6) is 2.67. The monoisotopic (exact) mass is 805 g/mol. The maximum absolute atomic E-state index is 13.7. The summed E-state index contributed by atoms with van der Waals surface area (Å²) in [6.07, 6.45) is 20.2. The molecule has 3 unspecified atom stereocenters. The lowest BCUT2D eigenvalue weighted by Crippen LogP contribution is -2.50. The van der Waals surface area contributed by atoms with Crippen molar-refractivity contribution in [3.8, 4) is 39.5 Å². The first-order valence-corrected chi connectivity index (χ1v) is 20.4. The Hall–Kier alpha value is -5.62. The lowest BCUT2D eigenvalue weighted by molar-refractivity contribution is -0.00695. The van der Waals surface area contributed by atoms with Crippen molar-refractivity contribution in [2.45, 2.75) is 116 Å². The van der Waals surface area contributed by atoms with E-state index in [1.165, 1.54) is 31.5 Å². The van der Waals surface area contributed by atoms with E-state index >= 15 is 0 Å². The first-order chi connectivity index (χ1) is 27.8. The molecule has 6 heterocycles. The van der Waals surface area contributed by atoms with Gasteiger partial charge in [0.15, 0.2) is 0 Å². The van der Waals surface area contributed by atoms with Gasteiger partial charge in [-0.1, -0.05) is 44.5 Å². The maximum atomic E-state index is 13.7. The molecule has 6 atom stereocenters. The Balaban J connectivity index is 0.000000161. The van der Waals surface area contributed by atoms with E-state index in [-0.39, 0.29) is 55.1 Å². The van der Waals surface area contributed by atoms with E-state index in [0.717, 1.165) is 83.9 Å². The van der Waals surface area contributed by atoms with Crippen molar-refractivity contribution in [1.29, 1.82) is 0 Å². The summed E-state index contributed by atoms with van der Waals surface area (Å²) in [5.41, 5.74) is 4.43. The second-order valence-electron chi connectivity index (χ2n) is 17.3. The predicted octanol–water partition coefficient (Wildman–Crippen LogP) is 10.1. The van der Waals surface area contributed by atoms with Crippen LogP contribution in [-0.4, -0.2) is 75.0 Å². The summed E-state index contributed by atoms with van der Waals surface area (Å²) >= 11 is 0. The number of aromatic hydroxyl groups is 2.